The van der Waals surface area contributed by atoms with E-state index in [2.05, 4.69) is 10.6 Å². The molecule has 0 bridgehead atoms. The van der Waals surface area contributed by atoms with Gasteiger partial charge in [-0.05, 0) is 35.4 Å². The summed E-state index contributed by atoms with van der Waals surface area (Å²) in [6, 6.07) is 14.9. The van der Waals surface area contributed by atoms with E-state index in [1.807, 2.05) is 48.5 Å². The topological polar surface area (TPSA) is 76.7 Å². The van der Waals surface area contributed by atoms with Crippen LogP contribution in [0.25, 0.3) is 0 Å². The molecular formula is C18H21BN2O4. The molecular weight excluding hydrogens is 319 g/mol. The molecule has 0 aromatic heterocycles. The van der Waals surface area contributed by atoms with E-state index in [1.165, 1.54) is 13.8 Å². The minimum atomic E-state index is -0.0752. The van der Waals surface area contributed by atoms with Crippen molar-refractivity contribution in [2.24, 2.45) is 0 Å². The standard InChI is InChI=1S/C18H21BN2O4/c1-13(22)20-11-15-5-3-7-17(9-15)24-19-25-18-8-4-6-16(10-18)12-21-14(2)23/h3-10,19H,11-12H2,1-2H3,(H,20,22)(H,21,23). The Balaban J connectivity index is 1.84. The predicted octanol–water partition coefficient (Wildman–Crippen LogP) is 1.68. The van der Waals surface area contributed by atoms with Crippen molar-refractivity contribution in [2.75, 3.05) is 0 Å². The summed E-state index contributed by atoms with van der Waals surface area (Å²) in [6.07, 6.45) is 0. The molecule has 0 atom stereocenters. The zero-order chi connectivity index (χ0) is 18.1. The molecule has 0 aliphatic rings. The first kappa shape index (κ1) is 18.4. The van der Waals surface area contributed by atoms with Gasteiger partial charge in [-0.3, -0.25) is 9.59 Å². The number of amides is 2. The van der Waals surface area contributed by atoms with Crippen molar-refractivity contribution >= 4 is 19.5 Å². The molecule has 7 heteroatoms. The smallest absolute Gasteiger partial charge is 0.529 e. The third-order valence-electron chi connectivity index (χ3n) is 3.33. The van der Waals surface area contributed by atoms with E-state index in [0.717, 1.165) is 11.1 Å². The number of benzene rings is 2. The van der Waals surface area contributed by atoms with Crippen LogP contribution in [0.3, 0.4) is 0 Å². The fourth-order valence-corrected chi connectivity index (χ4v) is 2.11. The minimum Gasteiger partial charge on any atom is -0.529 e. The van der Waals surface area contributed by atoms with Crippen LogP contribution in [0.1, 0.15) is 25.0 Å². The second kappa shape index (κ2) is 9.37. The third-order valence-corrected chi connectivity index (χ3v) is 3.33. The Morgan fingerprint density at radius 2 is 1.28 bits per heavy atom. The van der Waals surface area contributed by atoms with Crippen molar-refractivity contribution < 1.29 is 18.9 Å². The maximum Gasteiger partial charge on any atom is 0.576 e. The molecule has 0 saturated heterocycles. The van der Waals surface area contributed by atoms with Gasteiger partial charge in [0.1, 0.15) is 11.5 Å². The second-order valence-electron chi connectivity index (χ2n) is 5.52. The molecule has 0 radical (unpaired) electrons. The lowest BCUT2D eigenvalue weighted by Crippen LogP contribution is -2.19. The Bertz CT molecular complexity index is 675. The third kappa shape index (κ3) is 6.99. The lowest BCUT2D eigenvalue weighted by Gasteiger charge is -2.10. The van der Waals surface area contributed by atoms with Gasteiger partial charge in [-0.15, -0.1) is 0 Å². The first-order valence-corrected chi connectivity index (χ1v) is 7.95. The van der Waals surface area contributed by atoms with Gasteiger partial charge in [0.25, 0.3) is 0 Å². The molecule has 0 aliphatic heterocycles. The molecule has 0 fully saturated rings. The lowest BCUT2D eigenvalue weighted by atomic mass is 10.2. The average Bonchev–Trinajstić information content (AvgIpc) is 2.59. The highest BCUT2D eigenvalue weighted by molar-refractivity contribution is 6.20. The molecule has 2 amide bonds. The molecule has 0 saturated carbocycles. The monoisotopic (exact) mass is 340 g/mol. The van der Waals surface area contributed by atoms with Crippen LogP contribution in [0.4, 0.5) is 0 Å². The Labute approximate surface area is 147 Å². The maximum atomic E-state index is 11.0. The van der Waals surface area contributed by atoms with Crippen molar-refractivity contribution in [1.82, 2.24) is 10.6 Å². The van der Waals surface area contributed by atoms with Crippen LogP contribution in [0, 0.1) is 0 Å². The van der Waals surface area contributed by atoms with Crippen molar-refractivity contribution in [3.8, 4) is 11.5 Å². The Morgan fingerprint density at radius 1 is 0.840 bits per heavy atom. The van der Waals surface area contributed by atoms with Gasteiger partial charge < -0.3 is 19.9 Å². The van der Waals surface area contributed by atoms with E-state index in [4.69, 9.17) is 9.31 Å². The van der Waals surface area contributed by atoms with Gasteiger partial charge in [0.15, 0.2) is 0 Å². The maximum absolute atomic E-state index is 11.0. The van der Waals surface area contributed by atoms with Gasteiger partial charge in [0, 0.05) is 26.9 Å². The molecule has 0 aliphatic carbocycles. The zero-order valence-electron chi connectivity index (χ0n) is 14.4. The molecule has 2 aromatic carbocycles. The number of rotatable bonds is 8. The molecule has 2 rings (SSSR count). The van der Waals surface area contributed by atoms with Crippen LogP contribution in [0.2, 0.25) is 0 Å². The Kier molecular flexibility index (Phi) is 6.89. The molecule has 2 N–H and O–H groups in total. The summed E-state index contributed by atoms with van der Waals surface area (Å²) in [7, 11) is 0.0627. The van der Waals surface area contributed by atoms with E-state index >= 15 is 0 Å². The van der Waals surface area contributed by atoms with Crippen LogP contribution in [0.15, 0.2) is 48.5 Å². The fraction of sp³-hybridized carbons (Fsp3) is 0.222. The lowest BCUT2D eigenvalue weighted by molar-refractivity contribution is -0.120. The highest BCUT2D eigenvalue weighted by Gasteiger charge is 2.03. The number of nitrogens with one attached hydrogen (secondary N) is 2. The number of hydrogen-bond donors (Lipinski definition) is 2. The minimum absolute atomic E-state index is 0.0627. The van der Waals surface area contributed by atoms with Crippen molar-refractivity contribution in [3.63, 3.8) is 0 Å². The van der Waals surface area contributed by atoms with Crippen LogP contribution in [0.5, 0.6) is 11.5 Å². The van der Waals surface area contributed by atoms with E-state index in [1.54, 1.807) is 0 Å². The summed E-state index contributed by atoms with van der Waals surface area (Å²) < 4.78 is 11.2. The summed E-state index contributed by atoms with van der Waals surface area (Å²) >= 11 is 0. The molecule has 25 heavy (non-hydrogen) atoms. The highest BCUT2D eigenvalue weighted by atomic mass is 16.6. The summed E-state index contributed by atoms with van der Waals surface area (Å²) in [4.78, 5) is 21.9. The Morgan fingerprint density at radius 3 is 1.68 bits per heavy atom. The van der Waals surface area contributed by atoms with Crippen molar-refractivity contribution in [3.05, 3.63) is 59.7 Å². The number of carbonyl (C=O) groups is 2. The summed E-state index contributed by atoms with van der Waals surface area (Å²) in [5, 5.41) is 5.48. The van der Waals surface area contributed by atoms with Crippen LogP contribution >= 0.6 is 0 Å². The van der Waals surface area contributed by atoms with Gasteiger partial charge in [0.05, 0.1) is 0 Å². The normalized spacial score (nSPS) is 9.84. The van der Waals surface area contributed by atoms with Crippen molar-refractivity contribution in [2.45, 2.75) is 26.9 Å². The summed E-state index contributed by atoms with van der Waals surface area (Å²) in [5.74, 6) is 1.18. The zero-order valence-corrected chi connectivity index (χ0v) is 14.4. The van der Waals surface area contributed by atoms with Crippen LogP contribution < -0.4 is 19.9 Å². The number of carbonyl (C=O) groups excluding carboxylic acids is 2. The second-order valence-corrected chi connectivity index (χ2v) is 5.52. The molecule has 0 heterocycles. The van der Waals surface area contributed by atoms with Gasteiger partial charge >= 0.3 is 7.69 Å². The molecule has 130 valence electrons. The SMILES string of the molecule is CC(=O)NCc1cccc(OBOc2cccc(CNC(C)=O)c2)c1. The van der Waals surface area contributed by atoms with E-state index in [9.17, 15) is 9.59 Å². The van der Waals surface area contributed by atoms with Crippen molar-refractivity contribution in [1.29, 1.82) is 0 Å². The summed E-state index contributed by atoms with van der Waals surface area (Å²) in [6.45, 7) is 3.87. The van der Waals surface area contributed by atoms with Crippen LogP contribution in [-0.4, -0.2) is 19.5 Å². The molecule has 0 unspecified atom stereocenters. The van der Waals surface area contributed by atoms with E-state index < -0.39 is 0 Å². The first-order valence-electron chi connectivity index (χ1n) is 7.95. The van der Waals surface area contributed by atoms with Gasteiger partial charge in [-0.25, -0.2) is 0 Å². The molecule has 6 nitrogen and oxygen atoms in total. The van der Waals surface area contributed by atoms with E-state index in [-0.39, 0.29) is 19.5 Å². The predicted molar refractivity (Wildman–Crippen MR) is 96.3 cm³/mol. The fourth-order valence-electron chi connectivity index (χ4n) is 2.11. The van der Waals surface area contributed by atoms with Crippen LogP contribution in [-0.2, 0) is 22.7 Å². The molecule has 2 aromatic rings. The Hall–Kier alpha value is -2.96. The number of hydrogen-bond acceptors (Lipinski definition) is 4. The quantitative estimate of drug-likeness (QED) is 0.717. The first-order chi connectivity index (χ1) is 12.0. The highest BCUT2D eigenvalue weighted by Crippen LogP contribution is 2.15. The van der Waals surface area contributed by atoms with E-state index in [0.29, 0.717) is 24.6 Å². The molecule has 0 spiro atoms. The summed E-state index contributed by atoms with van der Waals surface area (Å²) in [5.41, 5.74) is 1.90. The van der Waals surface area contributed by atoms with Gasteiger partial charge in [-0.1, -0.05) is 24.3 Å². The largest absolute Gasteiger partial charge is 0.576 e. The average molecular weight is 340 g/mol. The van der Waals surface area contributed by atoms with Gasteiger partial charge in [0.2, 0.25) is 11.8 Å². The van der Waals surface area contributed by atoms with Gasteiger partial charge in [-0.2, -0.15) is 0 Å².